The van der Waals surface area contributed by atoms with Crippen molar-refractivity contribution in [2.24, 2.45) is 11.8 Å². The van der Waals surface area contributed by atoms with Gasteiger partial charge in [-0.05, 0) is 59.0 Å². The van der Waals surface area contributed by atoms with Gasteiger partial charge in [-0.25, -0.2) is 0 Å². The van der Waals surface area contributed by atoms with Crippen molar-refractivity contribution in [3.05, 3.63) is 0 Å². The van der Waals surface area contributed by atoms with E-state index in [-0.39, 0.29) is 5.66 Å². The Kier molecular flexibility index (Phi) is 5.14. The molecule has 2 fully saturated rings. The zero-order valence-corrected chi connectivity index (χ0v) is 14.5. The highest BCUT2D eigenvalue weighted by Crippen LogP contribution is 2.32. The molecule has 0 aromatic carbocycles. The summed E-state index contributed by atoms with van der Waals surface area (Å²) in [5.74, 6) is 1.79. The Labute approximate surface area is 126 Å². The molecule has 2 aliphatic heterocycles. The van der Waals surface area contributed by atoms with Crippen molar-refractivity contribution in [2.75, 3.05) is 40.3 Å². The summed E-state index contributed by atoms with van der Waals surface area (Å²) in [6.07, 6.45) is 4.08. The number of hydrogen-bond donors (Lipinski definition) is 0. The third-order valence-electron chi connectivity index (χ3n) is 5.92. The lowest BCUT2D eigenvalue weighted by molar-refractivity contribution is -0.0431. The van der Waals surface area contributed by atoms with Gasteiger partial charge in [0.15, 0.2) is 0 Å². The maximum absolute atomic E-state index is 2.73. The first-order valence-electron chi connectivity index (χ1n) is 8.49. The van der Waals surface area contributed by atoms with Crippen LogP contribution < -0.4 is 0 Å². The van der Waals surface area contributed by atoms with Crippen LogP contribution in [0.1, 0.15) is 47.0 Å². The summed E-state index contributed by atoms with van der Waals surface area (Å²) in [7, 11) is 4.44. The summed E-state index contributed by atoms with van der Waals surface area (Å²) < 4.78 is 0. The van der Waals surface area contributed by atoms with Crippen LogP contribution >= 0.6 is 0 Å². The molecule has 0 aromatic heterocycles. The molecule has 2 heterocycles. The Bertz CT molecular complexity index is 303. The van der Waals surface area contributed by atoms with Crippen LogP contribution in [0.4, 0.5) is 0 Å². The quantitative estimate of drug-likeness (QED) is 0.784. The van der Waals surface area contributed by atoms with E-state index in [1.54, 1.807) is 0 Å². The monoisotopic (exact) mass is 281 g/mol. The van der Waals surface area contributed by atoms with Crippen LogP contribution in [0.5, 0.6) is 0 Å². The van der Waals surface area contributed by atoms with Crippen LogP contribution in [0.15, 0.2) is 0 Å². The molecule has 2 aliphatic rings. The molecule has 20 heavy (non-hydrogen) atoms. The van der Waals surface area contributed by atoms with Crippen LogP contribution in [0.3, 0.4) is 0 Å². The molecule has 1 unspecified atom stereocenters. The zero-order valence-electron chi connectivity index (χ0n) is 14.5. The number of hydrogen-bond acceptors (Lipinski definition) is 3. The summed E-state index contributed by atoms with van der Waals surface area (Å²) in [5, 5.41) is 0. The Morgan fingerprint density at radius 2 is 1.50 bits per heavy atom. The third kappa shape index (κ3) is 3.37. The van der Waals surface area contributed by atoms with Crippen molar-refractivity contribution in [3.8, 4) is 0 Å². The number of nitrogens with zero attached hydrogens (tertiary/aromatic N) is 3. The normalized spacial score (nSPS) is 27.9. The fraction of sp³-hybridized carbons (Fsp3) is 1.00. The zero-order chi connectivity index (χ0) is 14.9. The number of rotatable bonds is 4. The van der Waals surface area contributed by atoms with E-state index in [9.17, 15) is 0 Å². The van der Waals surface area contributed by atoms with Crippen molar-refractivity contribution in [2.45, 2.75) is 58.7 Å². The average Bonchev–Trinajstić information content (AvgIpc) is 2.89. The number of likely N-dealkylation sites (N-methyl/N-ethyl adjacent to an activating group) is 1. The molecule has 0 aliphatic carbocycles. The van der Waals surface area contributed by atoms with Gasteiger partial charge in [-0.2, -0.15) is 0 Å². The number of piperidine rings is 1. The Morgan fingerprint density at radius 3 is 1.95 bits per heavy atom. The molecule has 1 atom stereocenters. The van der Waals surface area contributed by atoms with Gasteiger partial charge in [-0.3, -0.25) is 9.80 Å². The van der Waals surface area contributed by atoms with Gasteiger partial charge in [0.2, 0.25) is 0 Å². The Morgan fingerprint density at radius 1 is 0.950 bits per heavy atom. The van der Waals surface area contributed by atoms with Gasteiger partial charge in [0, 0.05) is 32.2 Å². The second-order valence-electron chi connectivity index (χ2n) is 7.92. The maximum atomic E-state index is 2.73. The Balaban J connectivity index is 1.91. The minimum atomic E-state index is 0.229. The van der Waals surface area contributed by atoms with Crippen molar-refractivity contribution in [3.63, 3.8) is 0 Å². The van der Waals surface area contributed by atoms with Crippen LogP contribution in [0, 0.1) is 11.8 Å². The van der Waals surface area contributed by atoms with Crippen molar-refractivity contribution < 1.29 is 0 Å². The van der Waals surface area contributed by atoms with Gasteiger partial charge in [0.05, 0.1) is 5.66 Å². The minimum Gasteiger partial charge on any atom is -0.305 e. The highest BCUT2D eigenvalue weighted by atomic mass is 15.4. The lowest BCUT2D eigenvalue weighted by atomic mass is 9.86. The molecule has 0 amide bonds. The van der Waals surface area contributed by atoms with Crippen molar-refractivity contribution >= 4 is 0 Å². The van der Waals surface area contributed by atoms with Crippen LogP contribution in [0.2, 0.25) is 0 Å². The lowest BCUT2D eigenvalue weighted by Gasteiger charge is -2.48. The van der Waals surface area contributed by atoms with Gasteiger partial charge in [-0.1, -0.05) is 13.8 Å². The molecular formula is C17H35N3. The first-order chi connectivity index (χ1) is 9.32. The highest BCUT2D eigenvalue weighted by Gasteiger charge is 2.39. The molecule has 0 spiro atoms. The SMILES string of the molecule is CC(C)C1CCN(C(C)(C)N2CCC(N(C)C)C2)CC1. The molecular weight excluding hydrogens is 246 g/mol. The molecule has 0 radical (unpaired) electrons. The second kappa shape index (κ2) is 6.33. The van der Waals surface area contributed by atoms with E-state index < -0.39 is 0 Å². The van der Waals surface area contributed by atoms with E-state index in [2.05, 4.69) is 56.5 Å². The van der Waals surface area contributed by atoms with Gasteiger partial charge >= 0.3 is 0 Å². The van der Waals surface area contributed by atoms with Crippen LogP contribution in [-0.4, -0.2) is 66.7 Å². The fourth-order valence-electron chi connectivity index (χ4n) is 3.97. The predicted octanol–water partition coefficient (Wildman–Crippen LogP) is 2.73. The maximum Gasteiger partial charge on any atom is 0.0680 e. The summed E-state index contributed by atoms with van der Waals surface area (Å²) in [6.45, 7) is 14.7. The van der Waals surface area contributed by atoms with Gasteiger partial charge < -0.3 is 4.90 Å². The molecule has 118 valence electrons. The smallest absolute Gasteiger partial charge is 0.0680 e. The standard InChI is InChI=1S/C17H35N3/c1-14(2)15-7-10-19(11-8-15)17(3,4)20-12-9-16(13-20)18(5)6/h14-16H,7-13H2,1-6H3. The summed E-state index contributed by atoms with van der Waals surface area (Å²) in [6, 6.07) is 0.738. The number of likely N-dealkylation sites (tertiary alicyclic amines) is 2. The average molecular weight is 281 g/mol. The summed E-state index contributed by atoms with van der Waals surface area (Å²) in [4.78, 5) is 7.82. The molecule has 3 nitrogen and oxygen atoms in total. The predicted molar refractivity (Wildman–Crippen MR) is 86.9 cm³/mol. The fourth-order valence-corrected chi connectivity index (χ4v) is 3.97. The molecule has 0 aromatic rings. The van der Waals surface area contributed by atoms with E-state index in [0.717, 1.165) is 17.9 Å². The van der Waals surface area contributed by atoms with Gasteiger partial charge in [-0.15, -0.1) is 0 Å². The first-order valence-corrected chi connectivity index (χ1v) is 8.49. The summed E-state index contributed by atoms with van der Waals surface area (Å²) >= 11 is 0. The molecule has 0 bridgehead atoms. The molecule has 2 rings (SSSR count). The first kappa shape index (κ1) is 16.3. The molecule has 3 heteroatoms. The molecule has 2 saturated heterocycles. The third-order valence-corrected chi connectivity index (χ3v) is 5.92. The second-order valence-corrected chi connectivity index (χ2v) is 7.92. The van der Waals surface area contributed by atoms with Crippen LogP contribution in [0.25, 0.3) is 0 Å². The van der Waals surface area contributed by atoms with E-state index in [1.807, 2.05) is 0 Å². The molecule has 0 N–H and O–H groups in total. The highest BCUT2D eigenvalue weighted by molar-refractivity contribution is 4.92. The molecule has 0 saturated carbocycles. The van der Waals surface area contributed by atoms with E-state index in [0.29, 0.717) is 0 Å². The Hall–Kier alpha value is -0.120. The van der Waals surface area contributed by atoms with E-state index in [1.165, 1.54) is 45.4 Å². The van der Waals surface area contributed by atoms with E-state index >= 15 is 0 Å². The summed E-state index contributed by atoms with van der Waals surface area (Å²) in [5.41, 5.74) is 0.229. The van der Waals surface area contributed by atoms with Gasteiger partial charge in [0.25, 0.3) is 0 Å². The van der Waals surface area contributed by atoms with E-state index in [4.69, 9.17) is 0 Å². The van der Waals surface area contributed by atoms with Crippen molar-refractivity contribution in [1.82, 2.24) is 14.7 Å². The lowest BCUT2D eigenvalue weighted by Crippen LogP contribution is -2.58. The van der Waals surface area contributed by atoms with Crippen LogP contribution in [-0.2, 0) is 0 Å². The largest absolute Gasteiger partial charge is 0.305 e. The minimum absolute atomic E-state index is 0.229. The topological polar surface area (TPSA) is 9.72 Å². The van der Waals surface area contributed by atoms with Gasteiger partial charge in [0.1, 0.15) is 0 Å². The van der Waals surface area contributed by atoms with Crippen molar-refractivity contribution in [1.29, 1.82) is 0 Å².